The van der Waals surface area contributed by atoms with Crippen LogP contribution in [-0.2, 0) is 9.31 Å². The summed E-state index contributed by atoms with van der Waals surface area (Å²) >= 11 is 0. The molecule has 3 nitrogen and oxygen atoms in total. The Labute approximate surface area is 124 Å². The van der Waals surface area contributed by atoms with Gasteiger partial charge in [-0.1, -0.05) is 50.2 Å². The molecule has 1 saturated heterocycles. The minimum atomic E-state index is -0.345. The average Bonchev–Trinajstić information content (AvgIpc) is 2.86. The summed E-state index contributed by atoms with van der Waals surface area (Å²) in [5.41, 5.74) is 2.80. The Hall–Kier alpha value is -1.78. The van der Waals surface area contributed by atoms with Gasteiger partial charge in [-0.15, -0.1) is 0 Å². The number of fused-ring (bicyclic) bond motifs is 3. The van der Waals surface area contributed by atoms with Crippen LogP contribution < -0.4 is 5.46 Å². The molecule has 3 aromatic rings. The molecule has 4 rings (SSSR count). The SMILES string of the molecule is CC1(C)COB(c2cccc3c2oc2ccccc23)OC1. The fraction of sp³-hybridized carbons (Fsp3) is 0.294. The van der Waals surface area contributed by atoms with Crippen LogP contribution in [-0.4, -0.2) is 20.3 Å². The molecule has 1 fully saturated rings. The first-order valence-electron chi connectivity index (χ1n) is 7.27. The largest absolute Gasteiger partial charge is 0.497 e. The monoisotopic (exact) mass is 280 g/mol. The van der Waals surface area contributed by atoms with Crippen LogP contribution in [0.3, 0.4) is 0 Å². The minimum Gasteiger partial charge on any atom is -0.456 e. The van der Waals surface area contributed by atoms with E-state index in [0.717, 1.165) is 27.4 Å². The molecule has 0 atom stereocenters. The molecule has 0 bridgehead atoms. The van der Waals surface area contributed by atoms with Crippen molar-refractivity contribution in [3.8, 4) is 0 Å². The van der Waals surface area contributed by atoms with Crippen LogP contribution in [0.2, 0.25) is 0 Å². The van der Waals surface area contributed by atoms with E-state index in [1.165, 1.54) is 0 Å². The van der Waals surface area contributed by atoms with Gasteiger partial charge in [0.2, 0.25) is 0 Å². The summed E-state index contributed by atoms with van der Waals surface area (Å²) in [6.45, 7) is 5.67. The van der Waals surface area contributed by atoms with E-state index in [1.54, 1.807) is 0 Å². The molecule has 0 spiro atoms. The molecule has 0 unspecified atom stereocenters. The summed E-state index contributed by atoms with van der Waals surface area (Å²) < 4.78 is 17.8. The molecule has 1 aromatic heterocycles. The van der Waals surface area contributed by atoms with Crippen molar-refractivity contribution in [3.05, 3.63) is 42.5 Å². The first-order chi connectivity index (χ1) is 10.1. The molecule has 2 aromatic carbocycles. The van der Waals surface area contributed by atoms with E-state index in [9.17, 15) is 0 Å². The second-order valence-corrected chi connectivity index (χ2v) is 6.44. The number of furan rings is 1. The molecule has 21 heavy (non-hydrogen) atoms. The van der Waals surface area contributed by atoms with E-state index < -0.39 is 0 Å². The maximum absolute atomic E-state index is 6.03. The van der Waals surface area contributed by atoms with Crippen molar-refractivity contribution in [2.45, 2.75) is 13.8 Å². The number of hydrogen-bond donors (Lipinski definition) is 0. The molecule has 0 amide bonds. The summed E-state index contributed by atoms with van der Waals surface area (Å²) in [5.74, 6) is 0. The molecule has 2 heterocycles. The lowest BCUT2D eigenvalue weighted by molar-refractivity contribution is 0.0343. The lowest BCUT2D eigenvalue weighted by Gasteiger charge is -2.33. The fourth-order valence-electron chi connectivity index (χ4n) is 2.83. The van der Waals surface area contributed by atoms with Gasteiger partial charge in [-0.2, -0.15) is 0 Å². The molecule has 0 saturated carbocycles. The number of para-hydroxylation sites is 2. The zero-order chi connectivity index (χ0) is 14.4. The highest BCUT2D eigenvalue weighted by Gasteiger charge is 2.35. The first-order valence-corrected chi connectivity index (χ1v) is 7.27. The first kappa shape index (κ1) is 12.9. The molecule has 0 radical (unpaired) electrons. The maximum Gasteiger partial charge on any atom is 0.497 e. The second kappa shape index (κ2) is 4.62. The van der Waals surface area contributed by atoms with Gasteiger partial charge in [0.05, 0.1) is 0 Å². The third-order valence-electron chi connectivity index (χ3n) is 3.94. The Kier molecular flexibility index (Phi) is 2.84. The molecule has 0 aliphatic carbocycles. The smallest absolute Gasteiger partial charge is 0.456 e. The van der Waals surface area contributed by atoms with Gasteiger partial charge in [0, 0.05) is 34.9 Å². The van der Waals surface area contributed by atoms with Crippen molar-refractivity contribution in [1.29, 1.82) is 0 Å². The van der Waals surface area contributed by atoms with E-state index in [-0.39, 0.29) is 12.5 Å². The third-order valence-corrected chi connectivity index (χ3v) is 3.94. The Morgan fingerprint density at radius 1 is 0.905 bits per heavy atom. The zero-order valence-corrected chi connectivity index (χ0v) is 12.3. The summed E-state index contributed by atoms with van der Waals surface area (Å²) in [7, 11) is -0.345. The highest BCUT2D eigenvalue weighted by molar-refractivity contribution is 6.64. The lowest BCUT2D eigenvalue weighted by Crippen LogP contribution is -2.47. The quantitative estimate of drug-likeness (QED) is 0.640. The Morgan fingerprint density at radius 2 is 1.62 bits per heavy atom. The van der Waals surface area contributed by atoms with Crippen molar-refractivity contribution in [2.75, 3.05) is 13.2 Å². The Bertz CT molecular complexity index is 796. The highest BCUT2D eigenvalue weighted by Crippen LogP contribution is 2.28. The number of rotatable bonds is 1. The van der Waals surface area contributed by atoms with Crippen LogP contribution in [0.25, 0.3) is 21.9 Å². The van der Waals surface area contributed by atoms with Gasteiger partial charge in [-0.3, -0.25) is 0 Å². The normalized spacial score (nSPS) is 18.5. The Balaban J connectivity index is 1.82. The van der Waals surface area contributed by atoms with E-state index in [4.69, 9.17) is 13.7 Å². The van der Waals surface area contributed by atoms with Crippen LogP contribution in [0, 0.1) is 5.41 Å². The predicted molar refractivity (Wildman–Crippen MR) is 84.8 cm³/mol. The van der Waals surface area contributed by atoms with Crippen LogP contribution in [0.15, 0.2) is 46.9 Å². The molecule has 0 N–H and O–H groups in total. The molecule has 1 aliphatic rings. The molecule has 1 aliphatic heterocycles. The van der Waals surface area contributed by atoms with Crippen LogP contribution in [0.4, 0.5) is 0 Å². The van der Waals surface area contributed by atoms with Gasteiger partial charge in [0.1, 0.15) is 11.2 Å². The van der Waals surface area contributed by atoms with Crippen molar-refractivity contribution in [1.82, 2.24) is 0 Å². The van der Waals surface area contributed by atoms with Crippen LogP contribution in [0.1, 0.15) is 13.8 Å². The van der Waals surface area contributed by atoms with Crippen LogP contribution in [0.5, 0.6) is 0 Å². The predicted octanol–water partition coefficient (Wildman–Crippen LogP) is 3.35. The molecule has 4 heteroatoms. The van der Waals surface area contributed by atoms with E-state index in [1.807, 2.05) is 30.3 Å². The van der Waals surface area contributed by atoms with Crippen molar-refractivity contribution < 1.29 is 13.7 Å². The molecule has 106 valence electrons. The number of benzene rings is 2. The third kappa shape index (κ3) is 2.15. The second-order valence-electron chi connectivity index (χ2n) is 6.44. The van der Waals surface area contributed by atoms with Crippen molar-refractivity contribution in [2.24, 2.45) is 5.41 Å². The average molecular weight is 280 g/mol. The summed E-state index contributed by atoms with van der Waals surface area (Å²) in [5, 5.41) is 2.24. The molecular weight excluding hydrogens is 263 g/mol. The minimum absolute atomic E-state index is 0.0677. The van der Waals surface area contributed by atoms with Crippen LogP contribution >= 0.6 is 0 Å². The Morgan fingerprint density at radius 3 is 2.43 bits per heavy atom. The van der Waals surface area contributed by atoms with E-state index in [2.05, 4.69) is 26.0 Å². The highest BCUT2D eigenvalue weighted by atomic mass is 16.6. The van der Waals surface area contributed by atoms with Gasteiger partial charge in [0.25, 0.3) is 0 Å². The van der Waals surface area contributed by atoms with Gasteiger partial charge < -0.3 is 13.7 Å². The maximum atomic E-state index is 6.03. The van der Waals surface area contributed by atoms with Crippen molar-refractivity contribution in [3.63, 3.8) is 0 Å². The van der Waals surface area contributed by atoms with Gasteiger partial charge >= 0.3 is 7.12 Å². The topological polar surface area (TPSA) is 31.6 Å². The zero-order valence-electron chi connectivity index (χ0n) is 12.3. The summed E-state index contributed by atoms with van der Waals surface area (Å²) in [6, 6.07) is 14.2. The number of hydrogen-bond acceptors (Lipinski definition) is 3. The lowest BCUT2D eigenvalue weighted by atomic mass is 9.75. The van der Waals surface area contributed by atoms with Crippen molar-refractivity contribution >= 4 is 34.5 Å². The fourth-order valence-corrected chi connectivity index (χ4v) is 2.83. The standard InChI is InChI=1S/C17H17BO3/c1-17(2)10-19-18(20-11-17)14-8-5-7-13-12-6-3-4-9-15(12)21-16(13)14/h3-9H,10-11H2,1-2H3. The molecular formula is C17H17BO3. The van der Waals surface area contributed by atoms with E-state index >= 15 is 0 Å². The van der Waals surface area contributed by atoms with Gasteiger partial charge in [-0.05, 0) is 6.07 Å². The summed E-state index contributed by atoms with van der Waals surface area (Å²) in [4.78, 5) is 0. The summed E-state index contributed by atoms with van der Waals surface area (Å²) in [6.07, 6.45) is 0. The van der Waals surface area contributed by atoms with E-state index in [0.29, 0.717) is 13.2 Å². The van der Waals surface area contributed by atoms with Gasteiger partial charge in [-0.25, -0.2) is 0 Å². The van der Waals surface area contributed by atoms with Gasteiger partial charge in [0.15, 0.2) is 0 Å².